The number of piperazine rings is 1. The number of carbonyl (C=O) groups excluding carboxylic acids is 1. The van der Waals surface area contributed by atoms with Crippen molar-refractivity contribution in [2.45, 2.75) is 39.2 Å². The molecular weight excluding hydrogens is 334 g/mol. The van der Waals surface area contributed by atoms with Crippen LogP contribution in [0, 0.1) is 11.8 Å². The van der Waals surface area contributed by atoms with E-state index in [-0.39, 0.29) is 5.91 Å². The second-order valence-corrected chi connectivity index (χ2v) is 8.21. The van der Waals surface area contributed by atoms with Gasteiger partial charge in [0.1, 0.15) is 0 Å². The van der Waals surface area contributed by atoms with Crippen LogP contribution in [0.1, 0.15) is 33.1 Å². The van der Waals surface area contributed by atoms with Gasteiger partial charge < -0.3 is 15.1 Å². The van der Waals surface area contributed by atoms with Gasteiger partial charge in [0, 0.05) is 6.04 Å². The highest BCUT2D eigenvalue weighted by atomic mass is 35.5. The van der Waals surface area contributed by atoms with Crippen molar-refractivity contribution in [3.8, 4) is 0 Å². The van der Waals surface area contributed by atoms with Crippen molar-refractivity contribution in [3.05, 3.63) is 29.3 Å². The number of nitrogens with zero attached hydrogens (tertiary/aromatic N) is 1. The normalized spacial score (nSPS) is 28.0. The van der Waals surface area contributed by atoms with E-state index in [0.717, 1.165) is 43.3 Å². The summed E-state index contributed by atoms with van der Waals surface area (Å²) in [6.07, 6.45) is 3.66. The van der Waals surface area contributed by atoms with Crippen LogP contribution in [0.3, 0.4) is 0 Å². The van der Waals surface area contributed by atoms with E-state index in [1.165, 1.54) is 17.7 Å². The molecule has 138 valence electrons. The lowest BCUT2D eigenvalue weighted by Crippen LogP contribution is -3.16. The van der Waals surface area contributed by atoms with E-state index < -0.39 is 0 Å². The summed E-state index contributed by atoms with van der Waals surface area (Å²) in [6, 6.07) is 8.37. The van der Waals surface area contributed by atoms with Gasteiger partial charge in [0.05, 0.1) is 36.9 Å². The molecule has 1 aliphatic heterocycles. The lowest BCUT2D eigenvalue weighted by Gasteiger charge is -2.36. The predicted octanol–water partition coefficient (Wildman–Crippen LogP) is 1.99. The summed E-state index contributed by atoms with van der Waals surface area (Å²) < 4.78 is 0. The van der Waals surface area contributed by atoms with E-state index in [0.29, 0.717) is 24.4 Å². The van der Waals surface area contributed by atoms with Crippen molar-refractivity contribution in [3.63, 3.8) is 0 Å². The largest absolute Gasteiger partial charge is 0.359 e. The molecule has 1 heterocycles. The molecule has 0 bridgehead atoms. The first-order valence-corrected chi connectivity index (χ1v) is 10.0. The van der Waals surface area contributed by atoms with E-state index in [1.54, 1.807) is 0 Å². The molecule has 1 saturated carbocycles. The van der Waals surface area contributed by atoms with E-state index in [1.807, 2.05) is 18.2 Å². The number of quaternary nitrogens is 1. The zero-order valence-corrected chi connectivity index (χ0v) is 16.2. The van der Waals surface area contributed by atoms with Crippen LogP contribution in [-0.4, -0.2) is 44.7 Å². The molecule has 5 heteroatoms. The van der Waals surface area contributed by atoms with Crippen molar-refractivity contribution in [2.75, 3.05) is 37.6 Å². The van der Waals surface area contributed by atoms with Gasteiger partial charge >= 0.3 is 0 Å². The number of para-hydroxylation sites is 1. The van der Waals surface area contributed by atoms with Crippen LogP contribution in [0.15, 0.2) is 24.3 Å². The molecule has 1 amide bonds. The number of hydrogen-bond acceptors (Lipinski definition) is 2. The maximum atomic E-state index is 12.5. The van der Waals surface area contributed by atoms with Gasteiger partial charge in [-0.25, -0.2) is 0 Å². The first kappa shape index (κ1) is 18.5. The fourth-order valence-electron chi connectivity index (χ4n) is 4.22. The average Bonchev–Trinajstić information content (AvgIpc) is 2.60. The first-order valence-electron chi connectivity index (χ1n) is 9.67. The van der Waals surface area contributed by atoms with Crippen molar-refractivity contribution in [2.24, 2.45) is 11.8 Å². The van der Waals surface area contributed by atoms with Crippen molar-refractivity contribution < 1.29 is 9.69 Å². The average molecular weight is 365 g/mol. The summed E-state index contributed by atoms with van der Waals surface area (Å²) >= 11 is 6.30. The highest BCUT2D eigenvalue weighted by Gasteiger charge is 2.30. The molecule has 0 aromatic heterocycles. The Kier molecular flexibility index (Phi) is 6.24. The molecule has 1 saturated heterocycles. The number of hydrogen-bond donors (Lipinski definition) is 2. The van der Waals surface area contributed by atoms with Crippen LogP contribution in [0.5, 0.6) is 0 Å². The maximum Gasteiger partial charge on any atom is 0.275 e. The summed E-state index contributed by atoms with van der Waals surface area (Å²) in [5.74, 6) is 1.52. The molecule has 25 heavy (non-hydrogen) atoms. The lowest BCUT2D eigenvalue weighted by atomic mass is 9.78. The molecule has 1 aliphatic carbocycles. The Morgan fingerprint density at radius 2 is 1.96 bits per heavy atom. The highest BCUT2D eigenvalue weighted by molar-refractivity contribution is 6.33. The minimum atomic E-state index is 0.215. The minimum absolute atomic E-state index is 0.215. The topological polar surface area (TPSA) is 36.8 Å². The third-order valence-corrected chi connectivity index (χ3v) is 6.45. The zero-order valence-electron chi connectivity index (χ0n) is 15.4. The Labute approximate surface area is 156 Å². The third kappa shape index (κ3) is 4.68. The van der Waals surface area contributed by atoms with Crippen molar-refractivity contribution in [1.29, 1.82) is 0 Å². The molecule has 1 aromatic carbocycles. The quantitative estimate of drug-likeness (QED) is 0.857. The van der Waals surface area contributed by atoms with Gasteiger partial charge in [-0.1, -0.05) is 50.4 Å². The molecule has 2 N–H and O–H groups in total. The van der Waals surface area contributed by atoms with E-state index in [4.69, 9.17) is 11.6 Å². The molecule has 3 atom stereocenters. The van der Waals surface area contributed by atoms with Crippen molar-refractivity contribution in [1.82, 2.24) is 5.32 Å². The monoisotopic (exact) mass is 364 g/mol. The molecule has 0 radical (unpaired) electrons. The Morgan fingerprint density at radius 1 is 1.24 bits per heavy atom. The van der Waals surface area contributed by atoms with E-state index >= 15 is 0 Å². The zero-order chi connectivity index (χ0) is 17.8. The standard InChI is InChI=1S/C20H30ClN3O/c1-15-6-5-8-18(16(15)2)22-20(25)14-23-10-12-24(13-11-23)19-9-4-3-7-17(19)21/h3-4,7,9,15-16,18H,5-6,8,10-14H2,1-2H3,(H,22,25)/p+1/t15-,16+,18+/m0/s1. The lowest BCUT2D eigenvalue weighted by molar-refractivity contribution is -0.892. The van der Waals surface area contributed by atoms with Crippen molar-refractivity contribution >= 4 is 23.2 Å². The van der Waals surface area contributed by atoms with Gasteiger partial charge in [0.15, 0.2) is 6.54 Å². The van der Waals surface area contributed by atoms with E-state index in [2.05, 4.69) is 30.1 Å². The number of nitrogens with one attached hydrogen (secondary N) is 2. The fourth-order valence-corrected chi connectivity index (χ4v) is 4.47. The molecule has 0 unspecified atom stereocenters. The van der Waals surface area contributed by atoms with Crippen LogP contribution >= 0.6 is 11.6 Å². The third-order valence-electron chi connectivity index (χ3n) is 6.13. The second kappa shape index (κ2) is 8.41. The van der Waals surface area contributed by atoms with Gasteiger partial charge in [-0.3, -0.25) is 4.79 Å². The number of benzene rings is 1. The Balaban J connectivity index is 1.46. The highest BCUT2D eigenvalue weighted by Crippen LogP contribution is 2.29. The minimum Gasteiger partial charge on any atom is -0.359 e. The number of anilines is 1. The number of carbonyl (C=O) groups is 1. The van der Waals surface area contributed by atoms with Crippen LogP contribution in [0.25, 0.3) is 0 Å². The number of amides is 1. The van der Waals surface area contributed by atoms with Gasteiger partial charge in [0.25, 0.3) is 5.91 Å². The molecular formula is C20H31ClN3O+. The van der Waals surface area contributed by atoms with Crippen LogP contribution < -0.4 is 15.1 Å². The van der Waals surface area contributed by atoms with Crippen LogP contribution in [0.4, 0.5) is 5.69 Å². The maximum absolute atomic E-state index is 12.5. The molecule has 2 fully saturated rings. The van der Waals surface area contributed by atoms with Gasteiger partial charge in [-0.15, -0.1) is 0 Å². The SMILES string of the molecule is C[C@@H]1[C@@H](C)CCC[C@H]1NC(=O)C[NH+]1CCN(c2ccccc2Cl)CC1. The Bertz CT molecular complexity index is 586. The van der Waals surface area contributed by atoms with Gasteiger partial charge in [-0.2, -0.15) is 0 Å². The second-order valence-electron chi connectivity index (χ2n) is 7.81. The summed E-state index contributed by atoms with van der Waals surface area (Å²) in [5, 5.41) is 4.11. The van der Waals surface area contributed by atoms with Crippen LogP contribution in [0.2, 0.25) is 5.02 Å². The number of rotatable bonds is 4. The smallest absolute Gasteiger partial charge is 0.275 e. The summed E-state index contributed by atoms with van der Waals surface area (Å²) in [5.41, 5.74) is 1.11. The Hall–Kier alpha value is -1.26. The van der Waals surface area contributed by atoms with Crippen LogP contribution in [-0.2, 0) is 4.79 Å². The summed E-state index contributed by atoms with van der Waals surface area (Å²) in [4.78, 5) is 16.2. The number of halogens is 1. The summed E-state index contributed by atoms with van der Waals surface area (Å²) in [7, 11) is 0. The molecule has 1 aromatic rings. The fraction of sp³-hybridized carbons (Fsp3) is 0.650. The molecule has 0 spiro atoms. The molecule has 2 aliphatic rings. The molecule has 4 nitrogen and oxygen atoms in total. The predicted molar refractivity (Wildman–Crippen MR) is 103 cm³/mol. The Morgan fingerprint density at radius 3 is 2.68 bits per heavy atom. The van der Waals surface area contributed by atoms with Gasteiger partial charge in [0.2, 0.25) is 0 Å². The first-order chi connectivity index (χ1) is 12.0. The summed E-state index contributed by atoms with van der Waals surface area (Å²) in [6.45, 7) is 9.04. The molecule has 3 rings (SSSR count). The van der Waals surface area contributed by atoms with E-state index in [9.17, 15) is 4.79 Å². The van der Waals surface area contributed by atoms with Gasteiger partial charge in [-0.05, 0) is 30.4 Å².